The van der Waals surface area contributed by atoms with Gasteiger partial charge < -0.3 is 4.98 Å². The van der Waals surface area contributed by atoms with Crippen LogP contribution in [0.1, 0.15) is 17.0 Å². The summed E-state index contributed by atoms with van der Waals surface area (Å²) in [6.07, 6.45) is 3.87. The lowest BCUT2D eigenvalue weighted by atomic mass is 10.0. The van der Waals surface area contributed by atoms with Crippen LogP contribution in [0.4, 0.5) is 0 Å². The van der Waals surface area contributed by atoms with E-state index in [0.29, 0.717) is 0 Å². The van der Waals surface area contributed by atoms with E-state index in [0.717, 1.165) is 56.3 Å². The van der Waals surface area contributed by atoms with Gasteiger partial charge in [0, 0.05) is 68.3 Å². The van der Waals surface area contributed by atoms with Crippen LogP contribution in [0.3, 0.4) is 0 Å². The summed E-state index contributed by atoms with van der Waals surface area (Å²) in [6.45, 7) is 8.22. The molecule has 0 radical (unpaired) electrons. The van der Waals surface area contributed by atoms with Crippen LogP contribution in [0.15, 0.2) is 54.9 Å². The number of hydrogen-bond acceptors (Lipinski definition) is 4. The van der Waals surface area contributed by atoms with Crippen LogP contribution in [0.25, 0.3) is 22.2 Å². The number of fused-ring (bicyclic) bond motifs is 1. The molecule has 0 spiro atoms. The number of nitrogens with one attached hydrogen (secondary N) is 2. The number of pyridine rings is 1. The molecular weight excluding hydrogens is 360 g/mol. The molecule has 1 aromatic carbocycles. The van der Waals surface area contributed by atoms with Gasteiger partial charge in [0.05, 0.1) is 5.69 Å². The van der Waals surface area contributed by atoms with E-state index >= 15 is 0 Å². The van der Waals surface area contributed by atoms with E-state index in [1.165, 1.54) is 22.1 Å². The lowest BCUT2D eigenvalue weighted by Gasteiger charge is -2.34. The van der Waals surface area contributed by atoms with Gasteiger partial charge in [0.15, 0.2) is 0 Å². The molecule has 0 amide bonds. The molecule has 1 fully saturated rings. The first-order valence-corrected chi connectivity index (χ1v) is 10.2. The minimum absolute atomic E-state index is 0.889. The fourth-order valence-corrected chi connectivity index (χ4v) is 4.30. The van der Waals surface area contributed by atoms with Crippen LogP contribution in [-0.2, 0) is 13.1 Å². The third-order valence-corrected chi connectivity index (χ3v) is 5.87. The molecule has 3 aromatic heterocycles. The molecule has 148 valence electrons. The third-order valence-electron chi connectivity index (χ3n) is 5.87. The molecule has 1 aliphatic heterocycles. The molecule has 5 rings (SSSR count). The Bertz CT molecular complexity index is 1090. The third kappa shape index (κ3) is 3.69. The summed E-state index contributed by atoms with van der Waals surface area (Å²) in [4.78, 5) is 12.6. The monoisotopic (exact) mass is 386 g/mol. The highest BCUT2D eigenvalue weighted by molar-refractivity contribution is 5.79. The van der Waals surface area contributed by atoms with Crippen molar-refractivity contribution in [1.29, 1.82) is 0 Å². The largest absolute Gasteiger partial charge is 0.346 e. The van der Waals surface area contributed by atoms with E-state index in [1.54, 1.807) is 0 Å². The van der Waals surface area contributed by atoms with Crippen molar-refractivity contribution in [3.05, 3.63) is 71.8 Å². The lowest BCUT2D eigenvalue weighted by Crippen LogP contribution is -2.45. The Morgan fingerprint density at radius 2 is 1.69 bits per heavy atom. The Morgan fingerprint density at radius 3 is 2.48 bits per heavy atom. The van der Waals surface area contributed by atoms with Gasteiger partial charge in [0.25, 0.3) is 0 Å². The van der Waals surface area contributed by atoms with Crippen LogP contribution in [0, 0.1) is 6.92 Å². The molecule has 0 saturated carbocycles. The number of aryl methyl sites for hydroxylation is 1. The van der Waals surface area contributed by atoms with Crippen LogP contribution >= 0.6 is 0 Å². The Morgan fingerprint density at radius 1 is 0.931 bits per heavy atom. The van der Waals surface area contributed by atoms with Gasteiger partial charge >= 0.3 is 0 Å². The second kappa shape index (κ2) is 7.81. The van der Waals surface area contributed by atoms with Gasteiger partial charge in [-0.05, 0) is 30.2 Å². The zero-order valence-corrected chi connectivity index (χ0v) is 16.7. The topological polar surface area (TPSA) is 63.8 Å². The van der Waals surface area contributed by atoms with Crippen molar-refractivity contribution in [2.75, 3.05) is 26.2 Å². The molecule has 0 atom stereocenters. The summed E-state index contributed by atoms with van der Waals surface area (Å²) in [7, 11) is 0. The van der Waals surface area contributed by atoms with Crippen molar-refractivity contribution in [3.63, 3.8) is 0 Å². The Balaban J connectivity index is 1.24. The van der Waals surface area contributed by atoms with Crippen molar-refractivity contribution >= 4 is 11.0 Å². The van der Waals surface area contributed by atoms with Gasteiger partial charge in [-0.15, -0.1) is 0 Å². The second-order valence-corrected chi connectivity index (χ2v) is 7.80. The maximum absolute atomic E-state index is 4.61. The molecule has 1 aliphatic rings. The van der Waals surface area contributed by atoms with Gasteiger partial charge in [-0.1, -0.05) is 30.3 Å². The van der Waals surface area contributed by atoms with Crippen LogP contribution < -0.4 is 0 Å². The number of benzene rings is 1. The minimum atomic E-state index is 0.889. The van der Waals surface area contributed by atoms with Crippen LogP contribution in [0.2, 0.25) is 0 Å². The standard InChI is InChI=1S/C23H26N6/c1-17-22(18-5-3-2-4-6-18)21(27-26-17)16-29-13-11-28(12-14-29)15-19-7-9-24-23-20(19)8-10-25-23/h2-10H,11-16H2,1H3,(H,24,25)(H,26,27). The molecule has 2 N–H and O–H groups in total. The number of nitrogens with zero attached hydrogens (tertiary/aromatic N) is 4. The number of piperazine rings is 1. The van der Waals surface area contributed by atoms with Gasteiger partial charge in [0.1, 0.15) is 5.65 Å². The van der Waals surface area contributed by atoms with E-state index < -0.39 is 0 Å². The van der Waals surface area contributed by atoms with Gasteiger partial charge in [0.2, 0.25) is 0 Å². The second-order valence-electron chi connectivity index (χ2n) is 7.80. The molecule has 0 bridgehead atoms. The van der Waals surface area contributed by atoms with Crippen molar-refractivity contribution in [1.82, 2.24) is 30.0 Å². The molecule has 0 aliphatic carbocycles. The summed E-state index contributed by atoms with van der Waals surface area (Å²) in [6, 6.07) is 14.8. The van der Waals surface area contributed by atoms with E-state index in [4.69, 9.17) is 0 Å². The Kier molecular flexibility index (Phi) is 4.87. The predicted molar refractivity (Wildman–Crippen MR) is 115 cm³/mol. The molecule has 6 heteroatoms. The zero-order chi connectivity index (χ0) is 19.6. The van der Waals surface area contributed by atoms with E-state index in [9.17, 15) is 0 Å². The SMILES string of the molecule is Cc1[nH]nc(CN2CCN(Cc3ccnc4[nH]ccc34)CC2)c1-c1ccccc1. The number of aromatic amines is 2. The number of aromatic nitrogens is 4. The van der Waals surface area contributed by atoms with Crippen molar-refractivity contribution in [2.45, 2.75) is 20.0 Å². The van der Waals surface area contributed by atoms with Gasteiger partial charge in [-0.25, -0.2) is 4.98 Å². The summed E-state index contributed by atoms with van der Waals surface area (Å²) in [5.41, 5.74) is 7.09. The number of H-pyrrole nitrogens is 2. The molecule has 0 unspecified atom stereocenters. The summed E-state index contributed by atoms with van der Waals surface area (Å²) >= 11 is 0. The first kappa shape index (κ1) is 18.1. The highest BCUT2D eigenvalue weighted by Crippen LogP contribution is 2.27. The maximum Gasteiger partial charge on any atom is 0.137 e. The average Bonchev–Trinajstić information content (AvgIpc) is 3.37. The smallest absolute Gasteiger partial charge is 0.137 e. The highest BCUT2D eigenvalue weighted by atomic mass is 15.3. The summed E-state index contributed by atoms with van der Waals surface area (Å²) in [5, 5.41) is 9.03. The van der Waals surface area contributed by atoms with Gasteiger partial charge in [-0.2, -0.15) is 5.10 Å². The Labute approximate surface area is 170 Å². The molecule has 1 saturated heterocycles. The van der Waals surface area contributed by atoms with Crippen molar-refractivity contribution in [3.8, 4) is 11.1 Å². The molecule has 6 nitrogen and oxygen atoms in total. The number of rotatable bonds is 5. The number of hydrogen-bond donors (Lipinski definition) is 2. The Hall–Kier alpha value is -2.96. The van der Waals surface area contributed by atoms with Crippen molar-refractivity contribution < 1.29 is 0 Å². The summed E-state index contributed by atoms with van der Waals surface area (Å²) in [5.74, 6) is 0. The van der Waals surface area contributed by atoms with Gasteiger partial charge in [-0.3, -0.25) is 14.9 Å². The summed E-state index contributed by atoms with van der Waals surface area (Å²) < 4.78 is 0. The minimum Gasteiger partial charge on any atom is -0.346 e. The van der Waals surface area contributed by atoms with E-state index in [2.05, 4.69) is 79.4 Å². The van der Waals surface area contributed by atoms with E-state index in [-0.39, 0.29) is 0 Å². The molecular formula is C23H26N6. The van der Waals surface area contributed by atoms with Crippen molar-refractivity contribution in [2.24, 2.45) is 0 Å². The first-order valence-electron chi connectivity index (χ1n) is 10.2. The fourth-order valence-electron chi connectivity index (χ4n) is 4.30. The highest BCUT2D eigenvalue weighted by Gasteiger charge is 2.21. The average molecular weight is 387 g/mol. The lowest BCUT2D eigenvalue weighted by molar-refractivity contribution is 0.121. The molecule has 4 aromatic rings. The normalized spacial score (nSPS) is 15.9. The molecule has 4 heterocycles. The van der Waals surface area contributed by atoms with E-state index in [1.807, 2.05) is 12.4 Å². The zero-order valence-electron chi connectivity index (χ0n) is 16.7. The quantitative estimate of drug-likeness (QED) is 0.550. The maximum atomic E-state index is 4.61. The molecule has 29 heavy (non-hydrogen) atoms. The fraction of sp³-hybridized carbons (Fsp3) is 0.304. The first-order chi connectivity index (χ1) is 14.3. The van der Waals surface area contributed by atoms with Crippen LogP contribution in [0.5, 0.6) is 0 Å². The van der Waals surface area contributed by atoms with Crippen LogP contribution in [-0.4, -0.2) is 56.1 Å². The predicted octanol–water partition coefficient (Wildman–Crippen LogP) is 3.58.